The molecule has 4 heterocycles. The monoisotopic (exact) mass is 505 g/mol. The summed E-state index contributed by atoms with van der Waals surface area (Å²) in [7, 11) is 0. The molecule has 0 aliphatic carbocycles. The minimum atomic E-state index is -0.587. The smallest absolute Gasteiger partial charge is 0.243 e. The number of nitrogens with one attached hydrogen (secondary N) is 3. The quantitative estimate of drug-likeness (QED) is 0.579. The summed E-state index contributed by atoms with van der Waals surface area (Å²) in [6, 6.07) is 13.5. The zero-order valence-corrected chi connectivity index (χ0v) is 20.9. The van der Waals surface area contributed by atoms with E-state index in [1.807, 2.05) is 6.07 Å². The molecule has 6 rings (SSSR count). The van der Waals surface area contributed by atoms with E-state index in [1.165, 1.54) is 16.8 Å². The summed E-state index contributed by atoms with van der Waals surface area (Å²) in [5.41, 5.74) is 13.1. The van der Waals surface area contributed by atoms with Crippen LogP contribution >= 0.6 is 0 Å². The van der Waals surface area contributed by atoms with Gasteiger partial charge in [0.2, 0.25) is 5.91 Å². The SMILES string of the molecule is Cc1cc(C#N)cc(F)c1N1NC2C(CC1=O)NNC2c1ccc(N2CCN(C3CCOC3)CC2)cc1. The van der Waals surface area contributed by atoms with Crippen LogP contribution in [0.1, 0.15) is 35.6 Å². The lowest BCUT2D eigenvalue weighted by Crippen LogP contribution is -2.60. The first kappa shape index (κ1) is 24.3. The van der Waals surface area contributed by atoms with E-state index >= 15 is 0 Å². The van der Waals surface area contributed by atoms with Gasteiger partial charge in [0.25, 0.3) is 0 Å². The molecule has 3 N–H and O–H groups in total. The molecular weight excluding hydrogens is 473 g/mol. The highest BCUT2D eigenvalue weighted by molar-refractivity contribution is 5.95. The van der Waals surface area contributed by atoms with Crippen molar-refractivity contribution in [3.63, 3.8) is 0 Å². The second kappa shape index (κ2) is 10.0. The number of fused-ring (bicyclic) bond motifs is 1. The molecule has 0 spiro atoms. The first-order valence-corrected chi connectivity index (χ1v) is 13.0. The van der Waals surface area contributed by atoms with Crippen LogP contribution < -0.4 is 26.2 Å². The Morgan fingerprint density at radius 1 is 1.11 bits per heavy atom. The number of halogens is 1. The summed E-state index contributed by atoms with van der Waals surface area (Å²) in [4.78, 5) is 17.9. The Hall–Kier alpha value is -3.07. The van der Waals surface area contributed by atoms with Gasteiger partial charge in [0, 0.05) is 57.0 Å². The van der Waals surface area contributed by atoms with E-state index in [2.05, 4.69) is 50.3 Å². The van der Waals surface area contributed by atoms with Crippen molar-refractivity contribution in [2.45, 2.75) is 43.9 Å². The molecule has 4 fully saturated rings. The molecule has 0 saturated carbocycles. The number of nitriles is 1. The lowest BCUT2D eigenvalue weighted by Gasteiger charge is -2.39. The Kier molecular flexibility index (Phi) is 6.56. The molecule has 1 amide bonds. The number of carbonyl (C=O) groups is 1. The van der Waals surface area contributed by atoms with Crippen LogP contribution in [0, 0.1) is 24.1 Å². The summed E-state index contributed by atoms with van der Waals surface area (Å²) in [6.07, 6.45) is 1.36. The van der Waals surface area contributed by atoms with Crippen molar-refractivity contribution in [2.75, 3.05) is 49.3 Å². The molecule has 4 aliphatic rings. The topological polar surface area (TPSA) is 95.9 Å². The van der Waals surface area contributed by atoms with E-state index in [9.17, 15) is 9.18 Å². The van der Waals surface area contributed by atoms with Crippen molar-refractivity contribution in [1.29, 1.82) is 5.26 Å². The number of carbonyl (C=O) groups excluding carboxylic acids is 1. The Labute approximate surface area is 216 Å². The van der Waals surface area contributed by atoms with Crippen LogP contribution in [0.25, 0.3) is 0 Å². The van der Waals surface area contributed by atoms with Gasteiger partial charge in [-0.2, -0.15) is 5.26 Å². The van der Waals surface area contributed by atoms with Crippen molar-refractivity contribution in [2.24, 2.45) is 0 Å². The largest absolute Gasteiger partial charge is 0.380 e. The number of nitrogens with zero attached hydrogens (tertiary/aromatic N) is 4. The van der Waals surface area contributed by atoms with Gasteiger partial charge in [-0.3, -0.25) is 15.1 Å². The van der Waals surface area contributed by atoms with Crippen LogP contribution in [0.5, 0.6) is 0 Å². The normalized spacial score (nSPS) is 28.4. The molecule has 2 aromatic rings. The third-order valence-corrected chi connectivity index (χ3v) is 8.10. The van der Waals surface area contributed by atoms with Gasteiger partial charge in [-0.1, -0.05) is 12.1 Å². The number of piperazine rings is 1. The van der Waals surface area contributed by atoms with Crippen molar-refractivity contribution in [3.05, 3.63) is 58.9 Å². The highest BCUT2D eigenvalue weighted by Crippen LogP contribution is 2.33. The fourth-order valence-electron chi connectivity index (χ4n) is 6.06. The number of rotatable bonds is 4. The van der Waals surface area contributed by atoms with Crippen LogP contribution in [-0.4, -0.2) is 68.3 Å². The first-order valence-electron chi connectivity index (χ1n) is 13.0. The van der Waals surface area contributed by atoms with E-state index in [0.29, 0.717) is 11.6 Å². The van der Waals surface area contributed by atoms with Gasteiger partial charge < -0.3 is 9.64 Å². The number of anilines is 2. The van der Waals surface area contributed by atoms with Crippen LogP contribution in [0.15, 0.2) is 36.4 Å². The molecule has 4 saturated heterocycles. The number of benzene rings is 2. The summed E-state index contributed by atoms with van der Waals surface area (Å²) in [5.74, 6) is -0.808. The zero-order chi connectivity index (χ0) is 25.5. The van der Waals surface area contributed by atoms with Gasteiger partial charge in [0.1, 0.15) is 5.82 Å². The molecule has 4 aliphatic heterocycles. The van der Waals surface area contributed by atoms with Crippen LogP contribution in [-0.2, 0) is 9.53 Å². The van der Waals surface area contributed by atoms with E-state index in [1.54, 1.807) is 13.0 Å². The van der Waals surface area contributed by atoms with E-state index in [-0.39, 0.29) is 41.7 Å². The predicted octanol–water partition coefficient (Wildman–Crippen LogP) is 1.74. The fraction of sp³-hybridized carbons (Fsp3) is 0.481. The maximum Gasteiger partial charge on any atom is 0.243 e. The summed E-state index contributed by atoms with van der Waals surface area (Å²) < 4.78 is 20.5. The number of hydrogen-bond donors (Lipinski definition) is 3. The second-order valence-electron chi connectivity index (χ2n) is 10.3. The third kappa shape index (κ3) is 4.58. The Balaban J connectivity index is 1.15. The van der Waals surface area contributed by atoms with E-state index in [4.69, 9.17) is 10.00 Å². The summed E-state index contributed by atoms with van der Waals surface area (Å²) >= 11 is 0. The van der Waals surface area contributed by atoms with Crippen molar-refractivity contribution < 1.29 is 13.9 Å². The standard InChI is InChI=1S/C27H32FN7O2/c1-17-12-18(15-29)13-22(28)27(17)35-24(36)14-23-26(32-35)25(31-30-23)19-2-4-20(5-3-19)33-7-9-34(10-8-33)21-6-11-37-16-21/h2-5,12-13,21,23,25-26,30-32H,6-11,14,16H2,1H3. The van der Waals surface area contributed by atoms with E-state index in [0.717, 1.165) is 51.4 Å². The molecule has 2 aromatic carbocycles. The molecule has 4 atom stereocenters. The fourth-order valence-corrected chi connectivity index (χ4v) is 6.06. The van der Waals surface area contributed by atoms with Gasteiger partial charge in [-0.25, -0.2) is 20.3 Å². The third-order valence-electron chi connectivity index (χ3n) is 8.10. The lowest BCUT2D eigenvalue weighted by atomic mass is 9.93. The Bertz CT molecular complexity index is 1180. The molecule has 0 aromatic heterocycles. The molecule has 0 radical (unpaired) electrons. The minimum absolute atomic E-state index is 0.101. The van der Waals surface area contributed by atoms with Gasteiger partial charge in [-0.05, 0) is 48.7 Å². The highest BCUT2D eigenvalue weighted by atomic mass is 19.1. The molecular formula is C27H32FN7O2. The summed E-state index contributed by atoms with van der Waals surface area (Å²) in [5, 5.41) is 10.5. The molecule has 194 valence electrons. The average Bonchev–Trinajstić information content (AvgIpc) is 3.59. The zero-order valence-electron chi connectivity index (χ0n) is 20.9. The number of hydrogen-bond acceptors (Lipinski definition) is 8. The molecule has 9 nitrogen and oxygen atoms in total. The predicted molar refractivity (Wildman–Crippen MR) is 137 cm³/mol. The van der Waals surface area contributed by atoms with Crippen molar-refractivity contribution >= 4 is 17.3 Å². The number of ether oxygens (including phenoxy) is 1. The Morgan fingerprint density at radius 2 is 1.89 bits per heavy atom. The molecule has 10 heteroatoms. The Morgan fingerprint density at radius 3 is 2.57 bits per heavy atom. The lowest BCUT2D eigenvalue weighted by molar-refractivity contribution is -0.121. The van der Waals surface area contributed by atoms with E-state index < -0.39 is 5.82 Å². The maximum atomic E-state index is 14.9. The molecule has 0 bridgehead atoms. The van der Waals surface area contributed by atoms with Crippen LogP contribution in [0.2, 0.25) is 0 Å². The molecule has 37 heavy (non-hydrogen) atoms. The molecule has 4 unspecified atom stereocenters. The van der Waals surface area contributed by atoms with Gasteiger partial charge in [-0.15, -0.1) is 0 Å². The first-order chi connectivity index (χ1) is 18.0. The highest BCUT2D eigenvalue weighted by Gasteiger charge is 2.44. The van der Waals surface area contributed by atoms with Crippen LogP contribution in [0.3, 0.4) is 0 Å². The number of aryl methyl sites for hydroxylation is 1. The van der Waals surface area contributed by atoms with Crippen LogP contribution in [0.4, 0.5) is 15.8 Å². The van der Waals surface area contributed by atoms with Gasteiger partial charge in [0.05, 0.1) is 36.0 Å². The summed E-state index contributed by atoms with van der Waals surface area (Å²) in [6.45, 7) is 7.53. The average molecular weight is 506 g/mol. The number of amides is 1. The van der Waals surface area contributed by atoms with Crippen molar-refractivity contribution in [3.8, 4) is 6.07 Å². The second-order valence-corrected chi connectivity index (χ2v) is 10.3. The van der Waals surface area contributed by atoms with Crippen molar-refractivity contribution in [1.82, 2.24) is 21.2 Å². The van der Waals surface area contributed by atoms with Gasteiger partial charge >= 0.3 is 0 Å². The minimum Gasteiger partial charge on any atom is -0.380 e. The van der Waals surface area contributed by atoms with Gasteiger partial charge in [0.15, 0.2) is 0 Å². The maximum absolute atomic E-state index is 14.9. The number of hydrazine groups is 2.